The Morgan fingerprint density at radius 2 is 1.81 bits per heavy atom. The van der Waals surface area contributed by atoms with Crippen LogP contribution in [0.15, 0.2) is 18.2 Å². The minimum Gasteiger partial charge on any atom is -0.508 e. The maximum absolute atomic E-state index is 10.8. The molecular weight excluding hydrogens is 200 g/mol. The van der Waals surface area contributed by atoms with Crippen molar-refractivity contribution in [1.82, 2.24) is 0 Å². The van der Waals surface area contributed by atoms with Crippen molar-refractivity contribution in [3.63, 3.8) is 0 Å². The largest absolute Gasteiger partial charge is 0.508 e. The fraction of sp³-hybridized carbons (Fsp3) is 0.500. The molecule has 2 heteroatoms. The lowest BCUT2D eigenvalue weighted by molar-refractivity contribution is -0.116. The summed E-state index contributed by atoms with van der Waals surface area (Å²) >= 11 is 0. The molecule has 1 aromatic rings. The zero-order valence-electron chi connectivity index (χ0n) is 10.9. The van der Waals surface area contributed by atoms with Crippen molar-refractivity contribution in [3.05, 3.63) is 29.3 Å². The monoisotopic (exact) mass is 222 g/mol. The van der Waals surface area contributed by atoms with Crippen LogP contribution >= 0.6 is 0 Å². The molecule has 0 aliphatic carbocycles. The van der Waals surface area contributed by atoms with Gasteiger partial charge in [0.15, 0.2) is 0 Å². The molecule has 16 heavy (non-hydrogen) atoms. The number of phenols is 1. The summed E-state index contributed by atoms with van der Waals surface area (Å²) in [5, 5.41) is 9.14. The zero-order chi connectivity index (χ0) is 12.7. The van der Waals surface area contributed by atoms with Crippen molar-refractivity contribution >= 4 is 5.78 Å². The molecule has 1 aromatic carbocycles. The highest BCUT2D eigenvalue weighted by Crippen LogP contribution is 2.16. The summed E-state index contributed by atoms with van der Waals surface area (Å²) in [4.78, 5) is 10.8. The molecule has 0 radical (unpaired) electrons. The summed E-state index contributed by atoms with van der Waals surface area (Å²) in [6, 6.07) is 5.07. The first-order valence-electron chi connectivity index (χ1n) is 5.60. The number of aryl methyl sites for hydroxylation is 1. The maximum atomic E-state index is 10.8. The van der Waals surface area contributed by atoms with Crippen LogP contribution in [0.1, 0.15) is 38.8 Å². The van der Waals surface area contributed by atoms with E-state index >= 15 is 0 Å². The number of carbonyl (C=O) groups is 1. The molecule has 0 aliphatic heterocycles. The lowest BCUT2D eigenvalue weighted by Crippen LogP contribution is -1.98. The number of rotatable bonds is 2. The second kappa shape index (κ2) is 7.04. The van der Waals surface area contributed by atoms with Crippen LogP contribution in [0.4, 0.5) is 0 Å². The Kier molecular flexibility index (Phi) is 6.47. The summed E-state index contributed by atoms with van der Waals surface area (Å²) in [5.74, 6) is 1.17. The summed E-state index contributed by atoms with van der Waals surface area (Å²) in [6.07, 6.45) is 0.403. The molecule has 90 valence electrons. The van der Waals surface area contributed by atoms with Gasteiger partial charge < -0.3 is 5.11 Å². The molecule has 0 heterocycles. The third-order valence-corrected chi connectivity index (χ3v) is 1.77. The van der Waals surface area contributed by atoms with Crippen molar-refractivity contribution in [2.24, 2.45) is 5.92 Å². The molecule has 0 aromatic heterocycles. The van der Waals surface area contributed by atoms with Crippen LogP contribution in [0.25, 0.3) is 0 Å². The van der Waals surface area contributed by atoms with E-state index in [2.05, 4.69) is 20.8 Å². The van der Waals surface area contributed by atoms with Gasteiger partial charge >= 0.3 is 0 Å². The summed E-state index contributed by atoms with van der Waals surface area (Å²) in [6.45, 7) is 9.97. The Balaban J connectivity index is 0.000000487. The van der Waals surface area contributed by atoms with Gasteiger partial charge in [-0.25, -0.2) is 0 Å². The Hall–Kier alpha value is -1.31. The fourth-order valence-electron chi connectivity index (χ4n) is 1.12. The summed E-state index contributed by atoms with van der Waals surface area (Å²) in [5.41, 5.74) is 1.95. The second-order valence-electron chi connectivity index (χ2n) is 4.72. The molecular formula is C14H22O2. The topological polar surface area (TPSA) is 37.3 Å². The molecule has 0 amide bonds. The number of ketones is 1. The van der Waals surface area contributed by atoms with Gasteiger partial charge in [-0.05, 0) is 43.0 Å². The third-order valence-electron chi connectivity index (χ3n) is 1.77. The fourth-order valence-corrected chi connectivity index (χ4v) is 1.12. The second-order valence-corrected chi connectivity index (χ2v) is 4.72. The maximum Gasteiger partial charge on any atom is 0.134 e. The van der Waals surface area contributed by atoms with Gasteiger partial charge in [0, 0.05) is 6.42 Å². The molecule has 2 nitrogen and oxygen atoms in total. The number of hydrogen-bond donors (Lipinski definition) is 1. The zero-order valence-corrected chi connectivity index (χ0v) is 10.9. The molecule has 0 fully saturated rings. The molecule has 0 saturated carbocycles. The summed E-state index contributed by atoms with van der Waals surface area (Å²) in [7, 11) is 0. The van der Waals surface area contributed by atoms with Gasteiger partial charge in [-0.1, -0.05) is 26.8 Å². The first-order valence-corrected chi connectivity index (χ1v) is 5.60. The lowest BCUT2D eigenvalue weighted by atomic mass is 10.0. The van der Waals surface area contributed by atoms with Crippen molar-refractivity contribution in [3.8, 4) is 5.75 Å². The molecule has 0 atom stereocenters. The molecule has 0 spiro atoms. The van der Waals surface area contributed by atoms with Crippen molar-refractivity contribution < 1.29 is 9.90 Å². The molecule has 1 N–H and O–H groups in total. The molecule has 0 bridgehead atoms. The van der Waals surface area contributed by atoms with E-state index < -0.39 is 0 Å². The van der Waals surface area contributed by atoms with Crippen LogP contribution in [-0.2, 0) is 11.2 Å². The van der Waals surface area contributed by atoms with Crippen LogP contribution in [0.3, 0.4) is 0 Å². The highest BCUT2D eigenvalue weighted by atomic mass is 16.3. The van der Waals surface area contributed by atoms with Crippen LogP contribution in [-0.4, -0.2) is 10.9 Å². The standard InChI is InChI=1S/C10H12O2.C4H10/c1-7-3-4-10(12)6-9(7)5-8(2)11;1-4(2)3/h3-4,6,12H,5H2,1-2H3;4H,1-3H3. The average molecular weight is 222 g/mol. The van der Waals surface area contributed by atoms with Crippen LogP contribution in [0.5, 0.6) is 5.75 Å². The Bertz CT molecular complexity index is 338. The first kappa shape index (κ1) is 14.7. The van der Waals surface area contributed by atoms with E-state index in [-0.39, 0.29) is 11.5 Å². The predicted molar refractivity (Wildman–Crippen MR) is 67.7 cm³/mol. The highest BCUT2D eigenvalue weighted by molar-refractivity contribution is 5.78. The van der Waals surface area contributed by atoms with Crippen molar-refractivity contribution in [1.29, 1.82) is 0 Å². The van der Waals surface area contributed by atoms with Crippen LogP contribution < -0.4 is 0 Å². The predicted octanol–water partition coefficient (Wildman–Crippen LogP) is 3.49. The van der Waals surface area contributed by atoms with Gasteiger partial charge in [0.25, 0.3) is 0 Å². The van der Waals surface area contributed by atoms with Gasteiger partial charge in [0.2, 0.25) is 0 Å². The summed E-state index contributed by atoms with van der Waals surface area (Å²) < 4.78 is 0. The normalized spacial score (nSPS) is 9.62. The number of phenolic OH excluding ortho intramolecular Hbond substituents is 1. The van der Waals surface area contributed by atoms with E-state index in [0.29, 0.717) is 6.42 Å². The Morgan fingerprint density at radius 3 is 2.25 bits per heavy atom. The minimum absolute atomic E-state index is 0.115. The van der Waals surface area contributed by atoms with E-state index in [9.17, 15) is 4.79 Å². The van der Waals surface area contributed by atoms with E-state index in [0.717, 1.165) is 17.0 Å². The first-order chi connectivity index (χ1) is 7.32. The van der Waals surface area contributed by atoms with E-state index in [1.54, 1.807) is 19.1 Å². The minimum atomic E-state index is 0.115. The number of aromatic hydroxyl groups is 1. The van der Waals surface area contributed by atoms with Crippen LogP contribution in [0.2, 0.25) is 0 Å². The van der Waals surface area contributed by atoms with Crippen LogP contribution in [0, 0.1) is 12.8 Å². The van der Waals surface area contributed by atoms with Gasteiger partial charge in [-0.2, -0.15) is 0 Å². The third kappa shape index (κ3) is 7.04. The molecule has 0 unspecified atom stereocenters. The van der Waals surface area contributed by atoms with Gasteiger partial charge in [0.1, 0.15) is 11.5 Å². The average Bonchev–Trinajstić information content (AvgIpc) is 2.09. The van der Waals surface area contributed by atoms with Gasteiger partial charge in [-0.3, -0.25) is 4.79 Å². The van der Waals surface area contributed by atoms with Gasteiger partial charge in [-0.15, -0.1) is 0 Å². The number of hydrogen-bond acceptors (Lipinski definition) is 2. The molecule has 0 saturated heterocycles. The Morgan fingerprint density at radius 1 is 1.31 bits per heavy atom. The number of carbonyl (C=O) groups excluding carboxylic acids is 1. The van der Waals surface area contributed by atoms with E-state index in [4.69, 9.17) is 5.11 Å². The number of Topliss-reactive ketones (excluding diaryl/α,β-unsaturated/α-hetero) is 1. The highest BCUT2D eigenvalue weighted by Gasteiger charge is 2.01. The van der Waals surface area contributed by atoms with Crippen molar-refractivity contribution in [2.75, 3.05) is 0 Å². The van der Waals surface area contributed by atoms with Gasteiger partial charge in [0.05, 0.1) is 0 Å². The van der Waals surface area contributed by atoms with E-state index in [1.165, 1.54) is 0 Å². The quantitative estimate of drug-likeness (QED) is 0.831. The number of benzene rings is 1. The lowest BCUT2D eigenvalue weighted by Gasteiger charge is -2.03. The molecule has 0 aliphatic rings. The smallest absolute Gasteiger partial charge is 0.134 e. The Labute approximate surface area is 98.3 Å². The molecule has 1 rings (SSSR count). The van der Waals surface area contributed by atoms with Crippen molar-refractivity contribution in [2.45, 2.75) is 41.0 Å². The van der Waals surface area contributed by atoms with E-state index in [1.807, 2.05) is 13.0 Å². The SMILES string of the molecule is CC(=O)Cc1cc(O)ccc1C.CC(C)C.